The SMILES string of the molecule is c1ccc(Cc2nc(-c3ccccc3)cc(-n3c4ccc(-c5ccc6c(c5)-c5ccccc5C6(c5ccccc5)c5ccccn5)cc4c4c5ccccc5ccc43)n2)cc1. The molecule has 1 aliphatic carbocycles. The highest BCUT2D eigenvalue weighted by Crippen LogP contribution is 2.56. The van der Waals surface area contributed by atoms with Crippen molar-refractivity contribution in [2.45, 2.75) is 11.8 Å². The van der Waals surface area contributed by atoms with E-state index in [1.54, 1.807) is 0 Å². The lowest BCUT2D eigenvalue weighted by Crippen LogP contribution is -2.29. The first-order valence-corrected chi connectivity index (χ1v) is 20.9. The molecule has 286 valence electrons. The maximum Gasteiger partial charge on any atom is 0.141 e. The highest BCUT2D eigenvalue weighted by molar-refractivity contribution is 6.21. The number of benzene rings is 8. The lowest BCUT2D eigenvalue weighted by molar-refractivity contribution is 0.735. The van der Waals surface area contributed by atoms with Crippen molar-refractivity contribution in [3.05, 3.63) is 252 Å². The minimum absolute atomic E-state index is 0.543. The van der Waals surface area contributed by atoms with Gasteiger partial charge >= 0.3 is 0 Å². The van der Waals surface area contributed by atoms with E-state index in [0.717, 1.165) is 45.2 Å². The maximum atomic E-state index is 5.33. The van der Waals surface area contributed by atoms with Crippen LogP contribution in [0.4, 0.5) is 0 Å². The van der Waals surface area contributed by atoms with Gasteiger partial charge in [-0.1, -0.05) is 170 Å². The molecule has 0 aliphatic heterocycles. The van der Waals surface area contributed by atoms with Crippen LogP contribution >= 0.6 is 0 Å². The molecule has 3 heterocycles. The summed E-state index contributed by atoms with van der Waals surface area (Å²) in [5.41, 5.74) is 14.3. The van der Waals surface area contributed by atoms with Crippen molar-refractivity contribution in [2.24, 2.45) is 0 Å². The highest BCUT2D eigenvalue weighted by atomic mass is 15.1. The predicted octanol–water partition coefficient (Wildman–Crippen LogP) is 13.4. The lowest BCUT2D eigenvalue weighted by atomic mass is 9.70. The van der Waals surface area contributed by atoms with Crippen LogP contribution in [0.1, 0.15) is 33.8 Å². The van der Waals surface area contributed by atoms with Gasteiger partial charge in [-0.3, -0.25) is 9.55 Å². The fourth-order valence-electron chi connectivity index (χ4n) is 9.90. The summed E-state index contributed by atoms with van der Waals surface area (Å²) in [6, 6.07) is 76.2. The van der Waals surface area contributed by atoms with Crippen LogP contribution in [0, 0.1) is 0 Å². The quantitative estimate of drug-likeness (QED) is 0.162. The Bertz CT molecular complexity index is 3390. The summed E-state index contributed by atoms with van der Waals surface area (Å²) in [5, 5.41) is 4.82. The molecule has 0 spiro atoms. The second-order valence-corrected chi connectivity index (χ2v) is 15.9. The van der Waals surface area contributed by atoms with Crippen LogP contribution in [-0.2, 0) is 11.8 Å². The van der Waals surface area contributed by atoms with Gasteiger partial charge in [-0.25, -0.2) is 9.97 Å². The molecule has 1 unspecified atom stereocenters. The number of aromatic nitrogens is 4. The van der Waals surface area contributed by atoms with Crippen molar-refractivity contribution in [1.82, 2.24) is 19.5 Å². The first-order chi connectivity index (χ1) is 30.2. The number of hydrogen-bond donors (Lipinski definition) is 0. The predicted molar refractivity (Wildman–Crippen MR) is 249 cm³/mol. The summed E-state index contributed by atoms with van der Waals surface area (Å²) in [5.74, 6) is 1.63. The monoisotopic (exact) mass is 778 g/mol. The molecule has 8 aromatic carbocycles. The van der Waals surface area contributed by atoms with Gasteiger partial charge < -0.3 is 0 Å². The van der Waals surface area contributed by atoms with E-state index >= 15 is 0 Å². The summed E-state index contributed by atoms with van der Waals surface area (Å²) < 4.78 is 2.34. The van der Waals surface area contributed by atoms with E-state index in [0.29, 0.717) is 6.42 Å². The molecule has 0 N–H and O–H groups in total. The number of pyridine rings is 1. The molecule has 3 aromatic heterocycles. The molecular weight excluding hydrogens is 741 g/mol. The molecule has 0 saturated heterocycles. The van der Waals surface area contributed by atoms with Crippen molar-refractivity contribution < 1.29 is 0 Å². The Balaban J connectivity index is 1.08. The van der Waals surface area contributed by atoms with Crippen LogP contribution in [0.15, 0.2) is 219 Å². The molecule has 4 nitrogen and oxygen atoms in total. The molecule has 0 amide bonds. The van der Waals surface area contributed by atoms with Crippen molar-refractivity contribution in [3.8, 4) is 39.3 Å². The Morgan fingerprint density at radius 2 is 1.15 bits per heavy atom. The fraction of sp³-hybridized carbons (Fsp3) is 0.0351. The van der Waals surface area contributed by atoms with Crippen LogP contribution in [-0.4, -0.2) is 19.5 Å². The average Bonchev–Trinajstić information content (AvgIpc) is 3.83. The molecule has 4 heteroatoms. The topological polar surface area (TPSA) is 43.6 Å². The first-order valence-electron chi connectivity index (χ1n) is 20.9. The van der Waals surface area contributed by atoms with Gasteiger partial charge in [0.1, 0.15) is 11.6 Å². The van der Waals surface area contributed by atoms with Crippen molar-refractivity contribution in [2.75, 3.05) is 0 Å². The Labute approximate surface area is 354 Å². The van der Waals surface area contributed by atoms with Crippen molar-refractivity contribution in [3.63, 3.8) is 0 Å². The van der Waals surface area contributed by atoms with E-state index < -0.39 is 5.41 Å². The zero-order valence-electron chi connectivity index (χ0n) is 33.3. The smallest absolute Gasteiger partial charge is 0.141 e. The van der Waals surface area contributed by atoms with E-state index in [1.807, 2.05) is 18.3 Å². The Hall–Kier alpha value is -7.95. The van der Waals surface area contributed by atoms with Crippen LogP contribution in [0.3, 0.4) is 0 Å². The molecule has 0 bridgehead atoms. The number of rotatable bonds is 7. The van der Waals surface area contributed by atoms with Gasteiger partial charge in [0.05, 0.1) is 27.8 Å². The van der Waals surface area contributed by atoms with E-state index in [4.69, 9.17) is 15.0 Å². The van der Waals surface area contributed by atoms with E-state index in [2.05, 4.69) is 205 Å². The van der Waals surface area contributed by atoms with Crippen LogP contribution < -0.4 is 0 Å². The van der Waals surface area contributed by atoms with Crippen LogP contribution in [0.5, 0.6) is 0 Å². The van der Waals surface area contributed by atoms with Gasteiger partial charge in [-0.05, 0) is 91.7 Å². The van der Waals surface area contributed by atoms with Gasteiger partial charge in [0.25, 0.3) is 0 Å². The van der Waals surface area contributed by atoms with Gasteiger partial charge in [0.2, 0.25) is 0 Å². The van der Waals surface area contributed by atoms with Gasteiger partial charge in [-0.15, -0.1) is 0 Å². The molecule has 1 aliphatic rings. The van der Waals surface area contributed by atoms with Crippen molar-refractivity contribution in [1.29, 1.82) is 0 Å². The molecule has 0 radical (unpaired) electrons. The average molecular weight is 779 g/mol. The van der Waals surface area contributed by atoms with Gasteiger partial charge in [0, 0.05) is 35.0 Å². The van der Waals surface area contributed by atoms with Crippen molar-refractivity contribution >= 4 is 32.6 Å². The van der Waals surface area contributed by atoms with E-state index in [-0.39, 0.29) is 0 Å². The normalized spacial score (nSPS) is 14.4. The van der Waals surface area contributed by atoms with Crippen LogP contribution in [0.25, 0.3) is 71.9 Å². The van der Waals surface area contributed by atoms with E-state index in [1.165, 1.54) is 60.5 Å². The standard InChI is InChI=1S/C57H38N4/c1-4-16-38(17-5-1)34-54-59-50(40-19-6-2-7-20-40)37-55(60-54)61-51-31-29-42(36-47(51)56-44-23-11-10-18-39(44)28-32-52(56)61)41-27-30-49-46(35-41)45-24-12-13-25-48(45)57(49,43-21-8-3-9-22-43)53-26-14-15-33-58-53/h1-33,35-37H,34H2. The second-order valence-electron chi connectivity index (χ2n) is 15.9. The number of nitrogens with zero attached hydrogens (tertiary/aromatic N) is 4. The summed E-state index contributed by atoms with van der Waals surface area (Å²) in [6.07, 6.45) is 2.55. The lowest BCUT2D eigenvalue weighted by Gasteiger charge is -2.32. The zero-order chi connectivity index (χ0) is 40.3. The maximum absolute atomic E-state index is 5.33. The summed E-state index contributed by atoms with van der Waals surface area (Å²) >= 11 is 0. The number of fused-ring (bicyclic) bond motifs is 8. The summed E-state index contributed by atoms with van der Waals surface area (Å²) in [4.78, 5) is 15.5. The first kappa shape index (κ1) is 35.0. The third kappa shape index (κ3) is 5.57. The second kappa shape index (κ2) is 14.1. The Morgan fingerprint density at radius 1 is 0.459 bits per heavy atom. The third-order valence-corrected chi connectivity index (χ3v) is 12.6. The largest absolute Gasteiger partial charge is 0.294 e. The van der Waals surface area contributed by atoms with E-state index in [9.17, 15) is 0 Å². The Kier molecular flexibility index (Phi) is 8.10. The molecule has 0 fully saturated rings. The summed E-state index contributed by atoms with van der Waals surface area (Å²) in [7, 11) is 0. The van der Waals surface area contributed by atoms with Crippen LogP contribution in [0.2, 0.25) is 0 Å². The zero-order valence-corrected chi connectivity index (χ0v) is 33.3. The third-order valence-electron chi connectivity index (χ3n) is 12.6. The highest BCUT2D eigenvalue weighted by Gasteiger charge is 2.47. The molecule has 11 aromatic rings. The fourth-order valence-corrected chi connectivity index (χ4v) is 9.90. The summed E-state index contributed by atoms with van der Waals surface area (Å²) in [6.45, 7) is 0. The molecule has 61 heavy (non-hydrogen) atoms. The van der Waals surface area contributed by atoms with Gasteiger partial charge in [0.15, 0.2) is 0 Å². The van der Waals surface area contributed by atoms with Gasteiger partial charge in [-0.2, -0.15) is 0 Å². The minimum atomic E-state index is -0.543. The number of hydrogen-bond acceptors (Lipinski definition) is 3. The molecular formula is C57H38N4. The Morgan fingerprint density at radius 3 is 1.98 bits per heavy atom. The minimum Gasteiger partial charge on any atom is -0.294 e. The molecule has 12 rings (SSSR count). The molecule has 0 saturated carbocycles. The molecule has 1 atom stereocenters.